The molecular formula is C14H24N4OS. The van der Waals surface area contributed by atoms with E-state index in [1.165, 1.54) is 17.7 Å². The van der Waals surface area contributed by atoms with Crippen molar-refractivity contribution >= 4 is 11.8 Å². The first-order valence-corrected chi connectivity index (χ1v) is 8.47. The third kappa shape index (κ3) is 2.62. The smallest absolute Gasteiger partial charge is 0.0783 e. The highest BCUT2D eigenvalue weighted by atomic mass is 32.2. The van der Waals surface area contributed by atoms with Crippen LogP contribution in [0.1, 0.15) is 36.6 Å². The molecule has 1 aromatic heterocycles. The minimum Gasteiger partial charge on any atom is -0.374 e. The maximum Gasteiger partial charge on any atom is 0.0783 e. The summed E-state index contributed by atoms with van der Waals surface area (Å²) in [4.78, 5) is 0. The Morgan fingerprint density at radius 2 is 2.50 bits per heavy atom. The van der Waals surface area contributed by atoms with Gasteiger partial charge >= 0.3 is 0 Å². The second-order valence-corrected chi connectivity index (χ2v) is 7.18. The van der Waals surface area contributed by atoms with Crippen molar-refractivity contribution in [1.29, 1.82) is 0 Å². The maximum atomic E-state index is 6.11. The fourth-order valence-corrected chi connectivity index (χ4v) is 4.99. The fourth-order valence-electron chi connectivity index (χ4n) is 3.62. The van der Waals surface area contributed by atoms with E-state index in [-0.39, 0.29) is 11.6 Å². The van der Waals surface area contributed by atoms with Crippen LogP contribution in [0.5, 0.6) is 0 Å². The number of nitrogens with two attached hydrogens (primary N) is 1. The molecule has 1 aromatic rings. The number of aryl methyl sites for hydroxylation is 2. The van der Waals surface area contributed by atoms with Crippen LogP contribution in [-0.4, -0.2) is 33.5 Å². The van der Waals surface area contributed by atoms with E-state index in [1.54, 1.807) is 0 Å². The Labute approximate surface area is 124 Å². The van der Waals surface area contributed by atoms with Gasteiger partial charge in [0.1, 0.15) is 0 Å². The lowest BCUT2D eigenvalue weighted by molar-refractivity contribution is -0.0854. The molecular weight excluding hydrogens is 272 g/mol. The molecule has 5 nitrogen and oxygen atoms in total. The standard InChI is InChI=1S/C14H24N4OS/c1-10-12(8-18(2)17-10)13(16-15)11-3-5-19-14(7-11)4-6-20-9-14/h8,11,13,16H,3-7,9,15H2,1-2H3. The molecule has 2 fully saturated rings. The molecule has 2 aliphatic heterocycles. The number of hydrogen-bond donors (Lipinski definition) is 2. The van der Waals surface area contributed by atoms with E-state index in [0.29, 0.717) is 5.92 Å². The summed E-state index contributed by atoms with van der Waals surface area (Å²) in [7, 11) is 1.96. The predicted molar refractivity (Wildman–Crippen MR) is 81.4 cm³/mol. The Morgan fingerprint density at radius 1 is 1.65 bits per heavy atom. The minimum absolute atomic E-state index is 0.0960. The van der Waals surface area contributed by atoms with Crippen molar-refractivity contribution in [3.63, 3.8) is 0 Å². The molecule has 0 bridgehead atoms. The van der Waals surface area contributed by atoms with Crippen LogP contribution in [-0.2, 0) is 11.8 Å². The van der Waals surface area contributed by atoms with Crippen molar-refractivity contribution < 1.29 is 4.74 Å². The summed E-state index contributed by atoms with van der Waals surface area (Å²) >= 11 is 2.01. The van der Waals surface area contributed by atoms with Crippen molar-refractivity contribution in [1.82, 2.24) is 15.2 Å². The van der Waals surface area contributed by atoms with Crippen LogP contribution in [0.4, 0.5) is 0 Å². The van der Waals surface area contributed by atoms with Crippen molar-refractivity contribution in [3.8, 4) is 0 Å². The molecule has 20 heavy (non-hydrogen) atoms. The number of thioether (sulfide) groups is 1. The van der Waals surface area contributed by atoms with E-state index in [9.17, 15) is 0 Å². The minimum atomic E-state index is 0.0960. The summed E-state index contributed by atoms with van der Waals surface area (Å²) < 4.78 is 7.98. The Bertz CT molecular complexity index is 470. The highest BCUT2D eigenvalue weighted by Crippen LogP contribution is 2.44. The molecule has 3 atom stereocenters. The lowest BCUT2D eigenvalue weighted by atomic mass is 9.79. The number of nitrogens with one attached hydrogen (secondary N) is 1. The van der Waals surface area contributed by atoms with Gasteiger partial charge in [0.2, 0.25) is 0 Å². The van der Waals surface area contributed by atoms with Crippen LogP contribution in [0.2, 0.25) is 0 Å². The van der Waals surface area contributed by atoms with Gasteiger partial charge in [-0.25, -0.2) is 0 Å². The third-order valence-corrected chi connectivity index (χ3v) is 5.86. The van der Waals surface area contributed by atoms with Gasteiger partial charge in [0.25, 0.3) is 0 Å². The first-order valence-electron chi connectivity index (χ1n) is 7.31. The van der Waals surface area contributed by atoms with Crippen molar-refractivity contribution in [3.05, 3.63) is 17.5 Å². The van der Waals surface area contributed by atoms with Crippen LogP contribution in [0.25, 0.3) is 0 Å². The Hall–Kier alpha value is -0.560. The van der Waals surface area contributed by atoms with Gasteiger partial charge in [-0.1, -0.05) is 0 Å². The molecule has 6 heteroatoms. The number of hydrogen-bond acceptors (Lipinski definition) is 5. The quantitative estimate of drug-likeness (QED) is 0.654. The van der Waals surface area contributed by atoms with E-state index >= 15 is 0 Å². The number of hydrazine groups is 1. The highest BCUT2D eigenvalue weighted by Gasteiger charge is 2.43. The summed E-state index contributed by atoms with van der Waals surface area (Å²) in [6.45, 7) is 2.91. The van der Waals surface area contributed by atoms with Crippen LogP contribution in [0.15, 0.2) is 6.20 Å². The van der Waals surface area contributed by atoms with E-state index < -0.39 is 0 Å². The van der Waals surface area contributed by atoms with E-state index in [0.717, 1.165) is 30.9 Å². The third-order valence-electron chi connectivity index (χ3n) is 4.64. The average molecular weight is 296 g/mol. The molecule has 3 unspecified atom stereocenters. The number of rotatable bonds is 3. The van der Waals surface area contributed by atoms with Gasteiger partial charge in [-0.15, -0.1) is 0 Å². The average Bonchev–Trinajstić information content (AvgIpc) is 2.99. The van der Waals surface area contributed by atoms with Gasteiger partial charge < -0.3 is 4.74 Å². The molecule has 0 aromatic carbocycles. The summed E-state index contributed by atoms with van der Waals surface area (Å²) in [5.41, 5.74) is 5.42. The van der Waals surface area contributed by atoms with E-state index in [2.05, 4.69) is 23.6 Å². The first kappa shape index (κ1) is 14.4. The van der Waals surface area contributed by atoms with E-state index in [1.807, 2.05) is 23.5 Å². The van der Waals surface area contributed by atoms with Crippen LogP contribution >= 0.6 is 11.8 Å². The Morgan fingerprint density at radius 3 is 3.10 bits per heavy atom. The number of nitrogens with zero attached hydrogens (tertiary/aromatic N) is 2. The van der Waals surface area contributed by atoms with Crippen molar-refractivity contribution in [2.75, 3.05) is 18.1 Å². The Kier molecular flexibility index (Phi) is 4.08. The molecule has 2 saturated heterocycles. The summed E-state index contributed by atoms with van der Waals surface area (Å²) in [5.74, 6) is 8.74. The Balaban J connectivity index is 1.80. The van der Waals surface area contributed by atoms with Gasteiger partial charge in [0.05, 0.1) is 17.3 Å². The van der Waals surface area contributed by atoms with Crippen molar-refractivity contribution in [2.45, 2.75) is 37.8 Å². The SMILES string of the molecule is Cc1nn(C)cc1C(NN)C1CCOC2(CCSC2)C1. The second kappa shape index (κ2) is 5.67. The zero-order valence-electron chi connectivity index (χ0n) is 12.3. The van der Waals surface area contributed by atoms with Gasteiger partial charge in [0.15, 0.2) is 0 Å². The van der Waals surface area contributed by atoms with Gasteiger partial charge in [0, 0.05) is 31.2 Å². The first-order chi connectivity index (χ1) is 9.63. The van der Waals surface area contributed by atoms with Crippen molar-refractivity contribution in [2.24, 2.45) is 18.8 Å². The molecule has 2 aliphatic rings. The molecule has 0 radical (unpaired) electrons. The molecule has 1 spiro atoms. The van der Waals surface area contributed by atoms with Crippen LogP contribution in [0.3, 0.4) is 0 Å². The second-order valence-electron chi connectivity index (χ2n) is 6.07. The zero-order valence-corrected chi connectivity index (χ0v) is 13.1. The fraction of sp³-hybridized carbons (Fsp3) is 0.786. The lowest BCUT2D eigenvalue weighted by Gasteiger charge is -2.40. The monoisotopic (exact) mass is 296 g/mol. The molecule has 112 valence electrons. The molecule has 3 heterocycles. The summed E-state index contributed by atoms with van der Waals surface area (Å²) in [6, 6.07) is 0.176. The van der Waals surface area contributed by atoms with Gasteiger partial charge in [-0.05, 0) is 37.9 Å². The molecule has 0 amide bonds. The molecule has 0 aliphatic carbocycles. The van der Waals surface area contributed by atoms with E-state index in [4.69, 9.17) is 10.6 Å². The lowest BCUT2D eigenvalue weighted by Crippen LogP contribution is -2.45. The topological polar surface area (TPSA) is 65.1 Å². The summed E-state index contributed by atoms with van der Waals surface area (Å²) in [5, 5.41) is 4.45. The number of ether oxygens (including phenoxy) is 1. The molecule has 3 N–H and O–H groups in total. The van der Waals surface area contributed by atoms with Gasteiger partial charge in [-0.3, -0.25) is 16.0 Å². The van der Waals surface area contributed by atoms with Gasteiger partial charge in [-0.2, -0.15) is 16.9 Å². The predicted octanol–water partition coefficient (Wildman–Crippen LogP) is 1.54. The zero-order chi connectivity index (χ0) is 14.2. The summed E-state index contributed by atoms with van der Waals surface area (Å²) in [6.07, 6.45) is 5.43. The molecule has 3 rings (SSSR count). The number of aromatic nitrogens is 2. The van der Waals surface area contributed by atoms with Crippen LogP contribution in [0, 0.1) is 12.8 Å². The van der Waals surface area contributed by atoms with Crippen LogP contribution < -0.4 is 11.3 Å². The normalized spacial score (nSPS) is 31.9. The molecule has 0 saturated carbocycles. The largest absolute Gasteiger partial charge is 0.374 e. The highest BCUT2D eigenvalue weighted by molar-refractivity contribution is 7.99. The maximum absolute atomic E-state index is 6.11.